The van der Waals surface area contributed by atoms with Gasteiger partial charge in [-0.3, -0.25) is 4.79 Å². The standard InChI is InChI=1S/C31H30N4O5/c1-5-39-30(37)33(3)21-14-22-34-19-12-8-6-10-16(19)24-25-18(15-32-29(25)36)23-17-11-7-9-13-20(17)35(27(23)26(24)34)31(2,40-22)28(21)38-4/h6-13,21-22,28H,5,14-15H2,1-4H3,(H,32,36)/t21-,22-,28-,31+/m1/s1. The Balaban J connectivity index is 1.58. The first-order valence-corrected chi connectivity index (χ1v) is 13.8. The zero-order valence-electron chi connectivity index (χ0n) is 22.9. The van der Waals surface area contributed by atoms with Gasteiger partial charge in [0.05, 0.1) is 40.3 Å². The summed E-state index contributed by atoms with van der Waals surface area (Å²) in [5.74, 6) is -0.0503. The molecule has 0 aliphatic carbocycles. The minimum Gasteiger partial charge on any atom is -0.450 e. The van der Waals surface area contributed by atoms with Crippen LogP contribution < -0.4 is 5.32 Å². The normalized spacial score (nSPS) is 25.1. The summed E-state index contributed by atoms with van der Waals surface area (Å²) in [6, 6.07) is 16.1. The second-order valence-corrected chi connectivity index (χ2v) is 11.1. The van der Waals surface area contributed by atoms with Crippen molar-refractivity contribution in [3.05, 3.63) is 59.7 Å². The van der Waals surface area contributed by atoms with Crippen LogP contribution in [0.25, 0.3) is 43.6 Å². The van der Waals surface area contributed by atoms with Crippen LogP contribution in [0.5, 0.6) is 0 Å². The number of amides is 2. The fraction of sp³-hybridized carbons (Fsp3) is 0.355. The fourth-order valence-corrected chi connectivity index (χ4v) is 7.75. The average molecular weight is 539 g/mol. The van der Waals surface area contributed by atoms with E-state index < -0.39 is 24.2 Å². The van der Waals surface area contributed by atoms with Crippen LogP contribution in [0.15, 0.2) is 48.5 Å². The lowest BCUT2D eigenvalue weighted by atomic mass is 9.92. The van der Waals surface area contributed by atoms with Gasteiger partial charge in [-0.1, -0.05) is 36.4 Å². The monoisotopic (exact) mass is 538 g/mol. The smallest absolute Gasteiger partial charge is 0.409 e. The molecular weight excluding hydrogens is 508 g/mol. The summed E-state index contributed by atoms with van der Waals surface area (Å²) >= 11 is 0. The van der Waals surface area contributed by atoms with E-state index in [0.29, 0.717) is 13.0 Å². The molecule has 2 aromatic heterocycles. The summed E-state index contributed by atoms with van der Waals surface area (Å²) in [7, 11) is 3.45. The van der Waals surface area contributed by atoms with Gasteiger partial charge >= 0.3 is 6.09 Å². The minimum atomic E-state index is -0.984. The highest BCUT2D eigenvalue weighted by Crippen LogP contribution is 2.54. The number of rotatable bonds is 3. The number of likely N-dealkylation sites (N-methyl/N-ethyl adjacent to an activating group) is 1. The number of para-hydroxylation sites is 2. The first-order valence-electron chi connectivity index (χ1n) is 13.8. The van der Waals surface area contributed by atoms with Gasteiger partial charge in [0.2, 0.25) is 0 Å². The van der Waals surface area contributed by atoms with E-state index in [-0.39, 0.29) is 18.6 Å². The fourth-order valence-electron chi connectivity index (χ4n) is 7.75. The van der Waals surface area contributed by atoms with Crippen molar-refractivity contribution in [2.45, 2.75) is 50.9 Å². The number of ether oxygens (including phenoxy) is 3. The second kappa shape index (κ2) is 7.99. The molecule has 8 rings (SSSR count). The van der Waals surface area contributed by atoms with Crippen molar-refractivity contribution in [2.24, 2.45) is 0 Å². The summed E-state index contributed by atoms with van der Waals surface area (Å²) in [5, 5.41) is 7.18. The minimum absolute atomic E-state index is 0.0503. The van der Waals surface area contributed by atoms with Gasteiger partial charge in [-0.05, 0) is 31.5 Å². The molecule has 0 radical (unpaired) electrons. The third kappa shape index (κ3) is 2.69. The molecule has 2 amide bonds. The third-order valence-corrected chi connectivity index (χ3v) is 9.25. The van der Waals surface area contributed by atoms with Gasteiger partial charge in [0.1, 0.15) is 12.3 Å². The van der Waals surface area contributed by atoms with Crippen molar-refractivity contribution in [3.8, 4) is 0 Å². The number of nitrogens with one attached hydrogen (secondary N) is 1. The number of benzene rings is 3. The second-order valence-electron chi connectivity index (χ2n) is 11.1. The van der Waals surface area contributed by atoms with Crippen molar-refractivity contribution >= 4 is 55.6 Å². The van der Waals surface area contributed by atoms with Crippen LogP contribution >= 0.6 is 0 Å². The van der Waals surface area contributed by atoms with E-state index in [1.807, 2.05) is 31.2 Å². The summed E-state index contributed by atoms with van der Waals surface area (Å²) in [5.41, 5.74) is 4.76. The summed E-state index contributed by atoms with van der Waals surface area (Å²) in [6.45, 7) is 4.62. The van der Waals surface area contributed by atoms with E-state index in [2.05, 4.69) is 45.6 Å². The predicted molar refractivity (Wildman–Crippen MR) is 151 cm³/mol. The Morgan fingerprint density at radius 3 is 2.52 bits per heavy atom. The highest BCUT2D eigenvalue weighted by atomic mass is 16.6. The van der Waals surface area contributed by atoms with Crippen molar-refractivity contribution < 1.29 is 23.8 Å². The van der Waals surface area contributed by atoms with E-state index in [1.165, 1.54) is 0 Å². The lowest BCUT2D eigenvalue weighted by Gasteiger charge is -2.50. The Bertz CT molecular complexity index is 1920. The Morgan fingerprint density at radius 2 is 1.80 bits per heavy atom. The van der Waals surface area contributed by atoms with E-state index in [4.69, 9.17) is 14.2 Å². The Morgan fingerprint density at radius 1 is 1.10 bits per heavy atom. The van der Waals surface area contributed by atoms with E-state index in [9.17, 15) is 9.59 Å². The van der Waals surface area contributed by atoms with Crippen LogP contribution in [0.2, 0.25) is 0 Å². The zero-order chi connectivity index (χ0) is 27.5. The summed E-state index contributed by atoms with van der Waals surface area (Å²) in [6.07, 6.45) is -0.832. The maximum Gasteiger partial charge on any atom is 0.409 e. The molecule has 5 aromatic rings. The molecule has 204 valence electrons. The van der Waals surface area contributed by atoms with Crippen molar-refractivity contribution in [1.82, 2.24) is 19.4 Å². The first kappa shape index (κ1) is 23.8. The molecule has 9 heteroatoms. The number of nitrogens with zero attached hydrogens (tertiary/aromatic N) is 3. The van der Waals surface area contributed by atoms with Crippen molar-refractivity contribution in [2.75, 3.05) is 20.8 Å². The Labute approximate surface area is 230 Å². The lowest BCUT2D eigenvalue weighted by molar-refractivity contribution is -0.265. The van der Waals surface area contributed by atoms with Gasteiger partial charge in [-0.2, -0.15) is 0 Å². The quantitative estimate of drug-likeness (QED) is 0.340. The molecule has 3 aliphatic heterocycles. The molecule has 1 fully saturated rings. The molecule has 0 saturated carbocycles. The summed E-state index contributed by atoms with van der Waals surface area (Å²) < 4.78 is 23.3. The number of hydrogen-bond acceptors (Lipinski definition) is 5. The largest absolute Gasteiger partial charge is 0.450 e. The number of carbonyl (C=O) groups excluding carboxylic acids is 2. The molecule has 40 heavy (non-hydrogen) atoms. The van der Waals surface area contributed by atoms with E-state index >= 15 is 0 Å². The maximum atomic E-state index is 13.5. The van der Waals surface area contributed by atoms with Crippen molar-refractivity contribution in [1.29, 1.82) is 0 Å². The number of carbonyl (C=O) groups is 2. The van der Waals surface area contributed by atoms with Gasteiger partial charge in [-0.25, -0.2) is 4.79 Å². The highest BCUT2D eigenvalue weighted by molar-refractivity contribution is 6.31. The first-order chi connectivity index (χ1) is 19.4. The van der Waals surface area contributed by atoms with Crippen LogP contribution in [0, 0.1) is 0 Å². The maximum absolute atomic E-state index is 13.5. The van der Waals surface area contributed by atoms with Crippen LogP contribution in [0.3, 0.4) is 0 Å². The molecule has 9 nitrogen and oxygen atoms in total. The molecule has 3 aliphatic rings. The van der Waals surface area contributed by atoms with Gasteiger partial charge < -0.3 is 33.6 Å². The van der Waals surface area contributed by atoms with Crippen LogP contribution in [0.1, 0.15) is 42.4 Å². The number of methoxy groups -OCH3 is 1. The topological polar surface area (TPSA) is 87.0 Å². The van der Waals surface area contributed by atoms with Gasteiger partial charge in [0.25, 0.3) is 5.91 Å². The molecule has 4 atom stereocenters. The van der Waals surface area contributed by atoms with Gasteiger partial charge in [-0.15, -0.1) is 0 Å². The molecule has 1 saturated heterocycles. The number of aromatic nitrogens is 2. The highest BCUT2D eigenvalue weighted by Gasteiger charge is 2.55. The summed E-state index contributed by atoms with van der Waals surface area (Å²) in [4.78, 5) is 28.2. The third-order valence-electron chi connectivity index (χ3n) is 9.25. The molecular formula is C31H30N4O5. The molecule has 5 heterocycles. The molecule has 0 spiro atoms. The van der Waals surface area contributed by atoms with Gasteiger partial charge in [0, 0.05) is 48.7 Å². The van der Waals surface area contributed by atoms with Crippen LogP contribution in [-0.2, 0) is 26.5 Å². The van der Waals surface area contributed by atoms with E-state index in [1.54, 1.807) is 19.1 Å². The zero-order valence-corrected chi connectivity index (χ0v) is 22.9. The number of hydrogen-bond donors (Lipinski definition) is 1. The van der Waals surface area contributed by atoms with E-state index in [0.717, 1.165) is 54.7 Å². The number of fused-ring (bicyclic) bond motifs is 13. The molecule has 0 unspecified atom stereocenters. The molecule has 3 aromatic carbocycles. The molecule has 2 bridgehead atoms. The average Bonchev–Trinajstić information content (AvgIpc) is 3.60. The van der Waals surface area contributed by atoms with Crippen LogP contribution in [-0.4, -0.2) is 58.9 Å². The predicted octanol–water partition coefficient (Wildman–Crippen LogP) is 5.22. The Kier molecular flexibility index (Phi) is 4.75. The van der Waals surface area contributed by atoms with Gasteiger partial charge in [0.15, 0.2) is 5.72 Å². The van der Waals surface area contributed by atoms with Crippen molar-refractivity contribution in [3.63, 3.8) is 0 Å². The SMILES string of the molecule is CCOC(=O)N(C)[C@@H]1C[C@H]2O[C@@](C)([C@@H]1OC)n1c3ccccc3c3c4c(c5c6ccccc6n2c5c31)C(=O)NC4. The molecule has 1 N–H and O–H groups in total. The van der Waals surface area contributed by atoms with Crippen LogP contribution in [0.4, 0.5) is 4.79 Å². The Hall–Kier alpha value is -4.08. The lowest BCUT2D eigenvalue weighted by Crippen LogP contribution is -2.61.